The molecule has 1 heterocycles. The number of amides is 2. The van der Waals surface area contributed by atoms with E-state index < -0.39 is 11.7 Å². The first-order chi connectivity index (χ1) is 16.1. The van der Waals surface area contributed by atoms with Crippen molar-refractivity contribution in [3.05, 3.63) is 54.1 Å². The minimum atomic E-state index is -0.559. The van der Waals surface area contributed by atoms with Crippen LogP contribution in [-0.2, 0) is 14.3 Å². The van der Waals surface area contributed by atoms with Gasteiger partial charge >= 0.3 is 6.09 Å². The van der Waals surface area contributed by atoms with Crippen LogP contribution in [0.4, 0.5) is 10.6 Å². The summed E-state index contributed by atoms with van der Waals surface area (Å²) in [4.78, 5) is 31.1. The Kier molecular flexibility index (Phi) is 10.1. The second kappa shape index (κ2) is 12.8. The van der Waals surface area contributed by atoms with Crippen molar-refractivity contribution in [1.82, 2.24) is 15.2 Å². The van der Waals surface area contributed by atoms with Gasteiger partial charge in [0.05, 0.1) is 12.9 Å². The fourth-order valence-corrected chi connectivity index (χ4v) is 3.48. The molecule has 9 heteroatoms. The van der Waals surface area contributed by atoms with E-state index in [4.69, 9.17) is 15.3 Å². The first-order valence-corrected chi connectivity index (χ1v) is 11.5. The predicted molar refractivity (Wildman–Crippen MR) is 133 cm³/mol. The number of nitrogens with zero attached hydrogens (tertiary/aromatic N) is 2. The van der Waals surface area contributed by atoms with Gasteiger partial charge in [0.15, 0.2) is 0 Å². The second-order valence-corrected chi connectivity index (χ2v) is 8.96. The van der Waals surface area contributed by atoms with Gasteiger partial charge < -0.3 is 25.1 Å². The molecule has 34 heavy (non-hydrogen) atoms. The van der Waals surface area contributed by atoms with Crippen LogP contribution in [0.3, 0.4) is 0 Å². The molecule has 0 aliphatic heterocycles. The SMILES string of the molecule is C=C(CCC(=O)N(CCCNC(=O)OC(C)(C)C)C1=CCCC(OC)=C1)c1cccnc1NN. The minimum absolute atomic E-state index is 0.0376. The van der Waals surface area contributed by atoms with Crippen molar-refractivity contribution in [2.45, 2.75) is 58.5 Å². The number of alkyl carbamates (subject to hydrolysis) is 1. The zero-order valence-electron chi connectivity index (χ0n) is 20.6. The van der Waals surface area contributed by atoms with E-state index in [9.17, 15) is 9.59 Å². The van der Waals surface area contributed by atoms with Gasteiger partial charge in [0, 0.05) is 43.4 Å². The number of anilines is 1. The highest BCUT2D eigenvalue weighted by Gasteiger charge is 2.21. The number of nitrogen functional groups attached to an aromatic ring is 1. The number of carbonyl (C=O) groups excluding carboxylic acids is 2. The molecule has 2 amide bonds. The maximum absolute atomic E-state index is 13.2. The van der Waals surface area contributed by atoms with Crippen molar-refractivity contribution < 1.29 is 19.1 Å². The Labute approximate surface area is 202 Å². The number of aromatic nitrogens is 1. The molecule has 0 bridgehead atoms. The standard InChI is InChI=1S/C25H37N5O4/c1-18(21-11-7-14-27-23(21)29-26)12-13-22(31)30(19-9-6-10-20(17-19)33-5)16-8-15-28-24(32)34-25(2,3)4/h7,9,11,14,17H,1,6,8,10,12-13,15-16,26H2,2-5H3,(H,27,29)(H,28,32). The largest absolute Gasteiger partial charge is 0.501 e. The van der Waals surface area contributed by atoms with Crippen LogP contribution in [0.2, 0.25) is 0 Å². The van der Waals surface area contributed by atoms with E-state index in [1.54, 1.807) is 24.3 Å². The Balaban J connectivity index is 2.02. The van der Waals surface area contributed by atoms with Crippen molar-refractivity contribution >= 4 is 23.4 Å². The number of nitrogens with two attached hydrogens (primary N) is 1. The summed E-state index contributed by atoms with van der Waals surface area (Å²) < 4.78 is 10.7. The zero-order valence-corrected chi connectivity index (χ0v) is 20.6. The van der Waals surface area contributed by atoms with Crippen LogP contribution in [0.5, 0.6) is 0 Å². The van der Waals surface area contributed by atoms with Crippen molar-refractivity contribution in [3.63, 3.8) is 0 Å². The van der Waals surface area contributed by atoms with E-state index in [-0.39, 0.29) is 12.3 Å². The third-order valence-electron chi connectivity index (χ3n) is 5.12. The van der Waals surface area contributed by atoms with Crippen molar-refractivity contribution in [1.29, 1.82) is 0 Å². The summed E-state index contributed by atoms with van der Waals surface area (Å²) in [6, 6.07) is 3.67. The van der Waals surface area contributed by atoms with Gasteiger partial charge in [0.2, 0.25) is 5.91 Å². The summed E-state index contributed by atoms with van der Waals surface area (Å²) in [5.41, 5.74) is 4.36. The molecule has 1 aliphatic carbocycles. The van der Waals surface area contributed by atoms with Crippen molar-refractivity contribution in [2.24, 2.45) is 5.84 Å². The van der Waals surface area contributed by atoms with Crippen LogP contribution in [-0.4, -0.2) is 47.7 Å². The van der Waals surface area contributed by atoms with E-state index in [1.807, 2.05) is 39.0 Å². The molecular weight excluding hydrogens is 434 g/mol. The zero-order chi connectivity index (χ0) is 25.1. The summed E-state index contributed by atoms with van der Waals surface area (Å²) in [7, 11) is 1.63. The summed E-state index contributed by atoms with van der Waals surface area (Å²) in [6.07, 6.45) is 8.00. The quantitative estimate of drug-likeness (QED) is 0.252. The molecule has 0 spiro atoms. The molecule has 186 valence electrons. The Bertz CT molecular complexity index is 933. The number of carbonyl (C=O) groups is 2. The van der Waals surface area contributed by atoms with E-state index in [0.29, 0.717) is 31.7 Å². The molecule has 0 atom stereocenters. The normalized spacial score (nSPS) is 13.3. The molecule has 0 radical (unpaired) electrons. The maximum Gasteiger partial charge on any atom is 0.407 e. The molecule has 0 saturated carbocycles. The lowest BCUT2D eigenvalue weighted by Crippen LogP contribution is -2.36. The monoisotopic (exact) mass is 471 g/mol. The van der Waals surface area contributed by atoms with Gasteiger partial charge in [-0.25, -0.2) is 15.6 Å². The molecule has 1 aromatic heterocycles. The Morgan fingerprint density at radius 2 is 2.06 bits per heavy atom. The molecule has 2 rings (SSSR count). The van der Waals surface area contributed by atoms with E-state index in [1.165, 1.54) is 0 Å². The fraction of sp³-hybridized carbons (Fsp3) is 0.480. The average Bonchev–Trinajstić information content (AvgIpc) is 2.81. The lowest BCUT2D eigenvalue weighted by Gasteiger charge is -2.27. The molecule has 0 aromatic carbocycles. The molecule has 4 N–H and O–H groups in total. The summed E-state index contributed by atoms with van der Waals surface area (Å²) in [6.45, 7) is 10.4. The van der Waals surface area contributed by atoms with E-state index in [2.05, 4.69) is 22.3 Å². The lowest BCUT2D eigenvalue weighted by molar-refractivity contribution is -0.129. The molecule has 0 saturated heterocycles. The first-order valence-electron chi connectivity index (χ1n) is 11.5. The average molecular weight is 472 g/mol. The summed E-state index contributed by atoms with van der Waals surface area (Å²) >= 11 is 0. The van der Waals surface area contributed by atoms with Crippen LogP contribution in [0.25, 0.3) is 5.57 Å². The second-order valence-electron chi connectivity index (χ2n) is 8.96. The van der Waals surface area contributed by atoms with Crippen LogP contribution in [0, 0.1) is 0 Å². The summed E-state index contributed by atoms with van der Waals surface area (Å²) in [5.74, 6) is 6.86. The smallest absolute Gasteiger partial charge is 0.407 e. The predicted octanol–water partition coefficient (Wildman–Crippen LogP) is 4.11. The Morgan fingerprint density at radius 1 is 1.29 bits per heavy atom. The van der Waals surface area contributed by atoms with Gasteiger partial charge in [-0.05, 0) is 63.8 Å². The van der Waals surface area contributed by atoms with Crippen LogP contribution in [0.15, 0.2) is 48.5 Å². The van der Waals surface area contributed by atoms with Gasteiger partial charge in [-0.15, -0.1) is 0 Å². The van der Waals surface area contributed by atoms with Crippen molar-refractivity contribution in [2.75, 3.05) is 25.6 Å². The molecule has 9 nitrogen and oxygen atoms in total. The first kappa shape index (κ1) is 26.9. The number of ether oxygens (including phenoxy) is 2. The highest BCUT2D eigenvalue weighted by Crippen LogP contribution is 2.26. The third kappa shape index (κ3) is 8.55. The topological polar surface area (TPSA) is 119 Å². The van der Waals surface area contributed by atoms with Gasteiger partial charge in [-0.3, -0.25) is 4.79 Å². The van der Waals surface area contributed by atoms with Gasteiger partial charge in [-0.1, -0.05) is 12.7 Å². The summed E-state index contributed by atoms with van der Waals surface area (Å²) in [5, 5.41) is 2.74. The van der Waals surface area contributed by atoms with Crippen LogP contribution < -0.4 is 16.6 Å². The molecule has 1 aliphatic rings. The van der Waals surface area contributed by atoms with Gasteiger partial charge in [0.1, 0.15) is 11.4 Å². The highest BCUT2D eigenvalue weighted by atomic mass is 16.6. The number of pyridine rings is 1. The number of hydrogen-bond donors (Lipinski definition) is 3. The van der Waals surface area contributed by atoms with E-state index >= 15 is 0 Å². The van der Waals surface area contributed by atoms with Crippen LogP contribution in [0.1, 0.15) is 58.4 Å². The number of rotatable bonds is 11. The number of hydrogen-bond acceptors (Lipinski definition) is 7. The molecule has 0 unspecified atom stereocenters. The van der Waals surface area contributed by atoms with Gasteiger partial charge in [0.25, 0.3) is 0 Å². The van der Waals surface area contributed by atoms with E-state index in [0.717, 1.165) is 35.4 Å². The minimum Gasteiger partial charge on any atom is -0.501 e. The number of nitrogens with one attached hydrogen (secondary N) is 2. The Hall–Kier alpha value is -3.33. The van der Waals surface area contributed by atoms with Crippen LogP contribution >= 0.6 is 0 Å². The fourth-order valence-electron chi connectivity index (χ4n) is 3.48. The Morgan fingerprint density at radius 3 is 2.74 bits per heavy atom. The number of hydrazine groups is 1. The highest BCUT2D eigenvalue weighted by molar-refractivity contribution is 5.82. The molecule has 1 aromatic rings. The molecular formula is C25H37N5O4. The number of methoxy groups -OCH3 is 1. The molecule has 0 fully saturated rings. The maximum atomic E-state index is 13.2. The lowest BCUT2D eigenvalue weighted by atomic mass is 10.0. The van der Waals surface area contributed by atoms with Gasteiger partial charge in [-0.2, -0.15) is 0 Å². The number of allylic oxidation sites excluding steroid dienone is 4. The third-order valence-corrected chi connectivity index (χ3v) is 5.12. The van der Waals surface area contributed by atoms with Crippen molar-refractivity contribution in [3.8, 4) is 0 Å².